The molecule has 148 valence electrons. The molecule has 0 aliphatic carbocycles. The van der Waals surface area contributed by atoms with Gasteiger partial charge in [0.05, 0.1) is 0 Å². The van der Waals surface area contributed by atoms with Crippen molar-refractivity contribution in [1.82, 2.24) is 5.32 Å². The quantitative estimate of drug-likeness (QED) is 0.603. The summed E-state index contributed by atoms with van der Waals surface area (Å²) in [5.41, 5.74) is 2.43. The fourth-order valence-corrected chi connectivity index (χ4v) is 2.61. The molecule has 3 aromatic carbocycles. The minimum Gasteiger partial charge on any atom is -0.489 e. The Morgan fingerprint density at radius 1 is 0.793 bits per heavy atom. The molecule has 0 heterocycles. The molecule has 6 heteroatoms. The molecule has 0 spiro atoms. The molecular formula is C23H21FN2O3. The van der Waals surface area contributed by atoms with Crippen molar-refractivity contribution in [3.05, 3.63) is 95.8 Å². The Morgan fingerprint density at radius 3 is 2.17 bits per heavy atom. The standard InChI is InChI=1S/C23H21FN2O3/c24-19-8-6-17(7-9-19)14-15-25-22(27)23(28)26-20-10-12-21(13-11-20)29-16-18-4-2-1-3-5-18/h1-13H,14-16H2,(H,25,27)(H,26,28). The molecule has 0 aliphatic rings. The predicted molar refractivity (Wildman–Crippen MR) is 109 cm³/mol. The molecule has 0 aliphatic heterocycles. The van der Waals surface area contributed by atoms with Crippen molar-refractivity contribution < 1.29 is 18.7 Å². The van der Waals surface area contributed by atoms with Gasteiger partial charge in [0.1, 0.15) is 18.2 Å². The average molecular weight is 392 g/mol. The largest absolute Gasteiger partial charge is 0.489 e. The SMILES string of the molecule is O=C(NCCc1ccc(F)cc1)C(=O)Nc1ccc(OCc2ccccc2)cc1. The van der Waals surface area contributed by atoms with Gasteiger partial charge >= 0.3 is 11.8 Å². The van der Waals surface area contributed by atoms with E-state index in [0.717, 1.165) is 11.1 Å². The number of amides is 2. The summed E-state index contributed by atoms with van der Waals surface area (Å²) in [6.45, 7) is 0.729. The van der Waals surface area contributed by atoms with Gasteiger partial charge in [-0.3, -0.25) is 9.59 Å². The van der Waals surface area contributed by atoms with Crippen LogP contribution >= 0.6 is 0 Å². The topological polar surface area (TPSA) is 67.4 Å². The van der Waals surface area contributed by atoms with Gasteiger partial charge in [-0.1, -0.05) is 42.5 Å². The van der Waals surface area contributed by atoms with E-state index in [2.05, 4.69) is 10.6 Å². The Bertz CT molecular complexity index is 942. The van der Waals surface area contributed by atoms with E-state index in [-0.39, 0.29) is 12.4 Å². The highest BCUT2D eigenvalue weighted by molar-refractivity contribution is 6.39. The molecule has 0 bridgehead atoms. The molecule has 3 aromatic rings. The number of halogens is 1. The maximum Gasteiger partial charge on any atom is 0.313 e. The van der Waals surface area contributed by atoms with E-state index in [1.165, 1.54) is 12.1 Å². The molecule has 0 fully saturated rings. The van der Waals surface area contributed by atoms with E-state index >= 15 is 0 Å². The van der Waals surface area contributed by atoms with Gasteiger partial charge in [-0.15, -0.1) is 0 Å². The molecule has 5 nitrogen and oxygen atoms in total. The number of carbonyl (C=O) groups is 2. The van der Waals surface area contributed by atoms with Crippen LogP contribution in [0.15, 0.2) is 78.9 Å². The molecule has 0 saturated carbocycles. The number of nitrogens with one attached hydrogen (secondary N) is 2. The molecule has 0 atom stereocenters. The van der Waals surface area contributed by atoms with E-state index in [0.29, 0.717) is 24.5 Å². The Morgan fingerprint density at radius 2 is 1.48 bits per heavy atom. The minimum absolute atomic E-state index is 0.282. The lowest BCUT2D eigenvalue weighted by molar-refractivity contribution is -0.136. The highest BCUT2D eigenvalue weighted by Gasteiger charge is 2.13. The van der Waals surface area contributed by atoms with Crippen molar-refractivity contribution in [3.63, 3.8) is 0 Å². The minimum atomic E-state index is -0.748. The molecule has 0 radical (unpaired) electrons. The lowest BCUT2D eigenvalue weighted by atomic mass is 10.1. The average Bonchev–Trinajstić information content (AvgIpc) is 2.75. The summed E-state index contributed by atoms with van der Waals surface area (Å²) < 4.78 is 18.6. The van der Waals surface area contributed by atoms with Crippen LogP contribution in [0, 0.1) is 5.82 Å². The Kier molecular flexibility index (Phi) is 6.95. The van der Waals surface area contributed by atoms with Crippen LogP contribution in [0.2, 0.25) is 0 Å². The van der Waals surface area contributed by atoms with E-state index in [4.69, 9.17) is 4.74 Å². The number of hydrogen-bond acceptors (Lipinski definition) is 3. The zero-order chi connectivity index (χ0) is 20.5. The van der Waals surface area contributed by atoms with Gasteiger partial charge in [0, 0.05) is 12.2 Å². The van der Waals surface area contributed by atoms with Crippen LogP contribution < -0.4 is 15.4 Å². The third kappa shape index (κ3) is 6.46. The Balaban J connectivity index is 1.42. The zero-order valence-electron chi connectivity index (χ0n) is 15.7. The summed E-state index contributed by atoms with van der Waals surface area (Å²) in [7, 11) is 0. The molecule has 0 saturated heterocycles. The van der Waals surface area contributed by atoms with E-state index in [1.54, 1.807) is 36.4 Å². The number of hydrogen-bond donors (Lipinski definition) is 2. The molecule has 0 unspecified atom stereocenters. The highest BCUT2D eigenvalue weighted by atomic mass is 19.1. The van der Waals surface area contributed by atoms with Gasteiger partial charge in [0.2, 0.25) is 0 Å². The summed E-state index contributed by atoms with van der Waals surface area (Å²) in [6.07, 6.45) is 0.507. The number of carbonyl (C=O) groups excluding carboxylic acids is 2. The van der Waals surface area contributed by atoms with Gasteiger partial charge in [0.15, 0.2) is 0 Å². The van der Waals surface area contributed by atoms with Crippen LogP contribution in [0.1, 0.15) is 11.1 Å². The van der Waals surface area contributed by atoms with E-state index < -0.39 is 11.8 Å². The van der Waals surface area contributed by atoms with E-state index in [1.807, 2.05) is 30.3 Å². The number of rotatable bonds is 7. The first-order valence-electron chi connectivity index (χ1n) is 9.20. The van der Waals surface area contributed by atoms with Crippen molar-refractivity contribution in [3.8, 4) is 5.75 Å². The van der Waals surface area contributed by atoms with Gasteiger partial charge in [0.25, 0.3) is 0 Å². The summed E-state index contributed by atoms with van der Waals surface area (Å²) in [4.78, 5) is 23.9. The summed E-state index contributed by atoms with van der Waals surface area (Å²) in [5, 5.41) is 5.09. The lowest BCUT2D eigenvalue weighted by Gasteiger charge is -2.09. The molecule has 2 N–H and O–H groups in total. The first-order chi connectivity index (χ1) is 14.1. The predicted octanol–water partition coefficient (Wildman–Crippen LogP) is 3.70. The number of benzene rings is 3. The van der Waals surface area contributed by atoms with Crippen LogP contribution in [0.4, 0.5) is 10.1 Å². The Labute approximate surface area is 168 Å². The summed E-state index contributed by atoms with van der Waals surface area (Å²) in [6, 6.07) is 22.6. The highest BCUT2D eigenvalue weighted by Crippen LogP contribution is 2.17. The zero-order valence-corrected chi connectivity index (χ0v) is 15.7. The third-order valence-corrected chi connectivity index (χ3v) is 4.18. The fraction of sp³-hybridized carbons (Fsp3) is 0.130. The fourth-order valence-electron chi connectivity index (χ4n) is 2.61. The Hall–Kier alpha value is -3.67. The number of anilines is 1. The normalized spacial score (nSPS) is 10.2. The van der Waals surface area contributed by atoms with Crippen molar-refractivity contribution in [2.75, 3.05) is 11.9 Å². The molecule has 29 heavy (non-hydrogen) atoms. The summed E-state index contributed by atoms with van der Waals surface area (Å²) >= 11 is 0. The third-order valence-electron chi connectivity index (χ3n) is 4.18. The second-order valence-corrected chi connectivity index (χ2v) is 6.39. The van der Waals surface area contributed by atoms with Gasteiger partial charge in [-0.25, -0.2) is 4.39 Å². The van der Waals surface area contributed by atoms with Crippen LogP contribution in [-0.4, -0.2) is 18.4 Å². The van der Waals surface area contributed by atoms with Crippen molar-refractivity contribution in [1.29, 1.82) is 0 Å². The smallest absolute Gasteiger partial charge is 0.313 e. The maximum atomic E-state index is 12.9. The van der Waals surface area contributed by atoms with E-state index in [9.17, 15) is 14.0 Å². The summed E-state index contributed by atoms with van der Waals surface area (Å²) in [5.74, 6) is -1.12. The first-order valence-corrected chi connectivity index (χ1v) is 9.20. The van der Waals surface area contributed by atoms with Crippen LogP contribution in [0.3, 0.4) is 0 Å². The van der Waals surface area contributed by atoms with Gasteiger partial charge in [-0.2, -0.15) is 0 Å². The number of ether oxygens (including phenoxy) is 1. The second kappa shape index (κ2) is 10.0. The van der Waals surface area contributed by atoms with Crippen LogP contribution in [-0.2, 0) is 22.6 Å². The molecular weight excluding hydrogens is 371 g/mol. The molecule has 3 rings (SSSR count). The molecule has 0 aromatic heterocycles. The van der Waals surface area contributed by atoms with Gasteiger partial charge in [-0.05, 0) is 53.9 Å². The van der Waals surface area contributed by atoms with Crippen LogP contribution in [0.25, 0.3) is 0 Å². The monoisotopic (exact) mass is 392 g/mol. The lowest BCUT2D eigenvalue weighted by Crippen LogP contribution is -2.36. The van der Waals surface area contributed by atoms with Crippen LogP contribution in [0.5, 0.6) is 5.75 Å². The second-order valence-electron chi connectivity index (χ2n) is 6.39. The maximum absolute atomic E-state index is 12.9. The first kappa shape index (κ1) is 20.1. The van der Waals surface area contributed by atoms with Crippen molar-refractivity contribution in [2.24, 2.45) is 0 Å². The van der Waals surface area contributed by atoms with Gasteiger partial charge < -0.3 is 15.4 Å². The van der Waals surface area contributed by atoms with Crippen molar-refractivity contribution in [2.45, 2.75) is 13.0 Å². The molecule has 2 amide bonds. The van der Waals surface area contributed by atoms with Crippen molar-refractivity contribution >= 4 is 17.5 Å².